The maximum atomic E-state index is 13.2. The van der Waals surface area contributed by atoms with E-state index in [2.05, 4.69) is 4.90 Å². The van der Waals surface area contributed by atoms with Crippen LogP contribution in [0.25, 0.3) is 0 Å². The van der Waals surface area contributed by atoms with Crippen molar-refractivity contribution in [3.8, 4) is 5.75 Å². The summed E-state index contributed by atoms with van der Waals surface area (Å²) in [5.74, 6) is 0.432. The number of benzene rings is 2. The Labute approximate surface area is 203 Å². The van der Waals surface area contributed by atoms with E-state index >= 15 is 0 Å². The molecule has 2 fully saturated rings. The van der Waals surface area contributed by atoms with Crippen LogP contribution in [0.4, 0.5) is 13.2 Å². The molecule has 2 saturated heterocycles. The Balaban J connectivity index is 1.37. The molecule has 2 aromatic carbocycles. The zero-order chi connectivity index (χ0) is 24.7. The van der Waals surface area contributed by atoms with Gasteiger partial charge in [0.2, 0.25) is 0 Å². The number of rotatable bonds is 9. The summed E-state index contributed by atoms with van der Waals surface area (Å²) in [6.45, 7) is 6.11. The topological polar surface area (TPSA) is 51.2 Å². The highest BCUT2D eigenvalue weighted by Crippen LogP contribution is 2.29. The van der Waals surface area contributed by atoms with Gasteiger partial charge in [0.1, 0.15) is 12.4 Å². The van der Waals surface area contributed by atoms with Gasteiger partial charge in [-0.25, -0.2) is 0 Å². The summed E-state index contributed by atoms with van der Waals surface area (Å²) in [6.07, 6.45) is -2.72. The number of carbonyl (C=O) groups excluding carboxylic acids is 1. The average Bonchev–Trinajstić information content (AvgIpc) is 3.38. The third-order valence-electron chi connectivity index (χ3n) is 6.27. The number of carbonyl (C=O) groups is 1. The van der Waals surface area contributed by atoms with Gasteiger partial charge in [-0.05, 0) is 54.8 Å². The minimum Gasteiger partial charge on any atom is -0.492 e. The van der Waals surface area contributed by atoms with Gasteiger partial charge >= 0.3 is 6.18 Å². The lowest BCUT2D eigenvalue weighted by molar-refractivity contribution is -0.137. The molecule has 6 nitrogen and oxygen atoms in total. The Morgan fingerprint density at radius 1 is 1.03 bits per heavy atom. The average molecular weight is 493 g/mol. The van der Waals surface area contributed by atoms with Gasteiger partial charge in [0.05, 0.1) is 24.9 Å². The molecule has 2 aromatic rings. The number of hydrogen-bond acceptors (Lipinski definition) is 5. The normalized spacial score (nSPS) is 19.0. The second kappa shape index (κ2) is 11.9. The van der Waals surface area contributed by atoms with Gasteiger partial charge in [-0.1, -0.05) is 12.1 Å². The smallest absolute Gasteiger partial charge is 0.416 e. The molecule has 9 heteroatoms. The number of ether oxygens (including phenoxy) is 3. The number of hydrogen-bond donors (Lipinski definition) is 0. The summed E-state index contributed by atoms with van der Waals surface area (Å²) in [5.41, 5.74) is 0.354. The van der Waals surface area contributed by atoms with Crippen LogP contribution in [0.3, 0.4) is 0 Å². The van der Waals surface area contributed by atoms with Gasteiger partial charge < -0.3 is 19.1 Å². The van der Waals surface area contributed by atoms with E-state index in [1.807, 2.05) is 24.3 Å². The molecular weight excluding hydrogens is 461 g/mol. The highest BCUT2D eigenvalue weighted by Gasteiger charge is 2.31. The molecule has 0 aromatic heterocycles. The minimum absolute atomic E-state index is 0.0730. The fraction of sp³-hybridized carbons (Fsp3) is 0.500. The van der Waals surface area contributed by atoms with Crippen LogP contribution in [0, 0.1) is 0 Å². The van der Waals surface area contributed by atoms with Crippen molar-refractivity contribution in [2.75, 3.05) is 52.6 Å². The number of nitrogens with zero attached hydrogens (tertiary/aromatic N) is 2. The Bertz CT molecular complexity index is 939. The fourth-order valence-electron chi connectivity index (χ4n) is 4.27. The zero-order valence-corrected chi connectivity index (χ0v) is 19.6. The van der Waals surface area contributed by atoms with Crippen LogP contribution in [0.5, 0.6) is 5.75 Å². The van der Waals surface area contributed by atoms with Gasteiger partial charge in [0, 0.05) is 44.9 Å². The summed E-state index contributed by atoms with van der Waals surface area (Å²) < 4.78 is 55.7. The SMILES string of the molecule is O=C(c1ccc(C(F)(F)F)cc1)N(Cc1ccc(OCCN2CCOCC2)cc1)CC1CCCO1. The summed E-state index contributed by atoms with van der Waals surface area (Å²) in [4.78, 5) is 17.2. The molecule has 35 heavy (non-hydrogen) atoms. The first kappa shape index (κ1) is 25.5. The van der Waals surface area contributed by atoms with Crippen molar-refractivity contribution < 1.29 is 32.2 Å². The summed E-state index contributed by atoms with van der Waals surface area (Å²) in [5, 5.41) is 0. The quantitative estimate of drug-likeness (QED) is 0.524. The Kier molecular flexibility index (Phi) is 8.64. The monoisotopic (exact) mass is 492 g/mol. The molecule has 0 spiro atoms. The second-order valence-electron chi connectivity index (χ2n) is 8.84. The molecule has 0 radical (unpaired) electrons. The van der Waals surface area contributed by atoms with Crippen molar-refractivity contribution in [3.63, 3.8) is 0 Å². The van der Waals surface area contributed by atoms with Crippen LogP contribution in [-0.4, -0.2) is 74.4 Å². The maximum Gasteiger partial charge on any atom is 0.416 e. The van der Waals surface area contributed by atoms with Gasteiger partial charge in [-0.15, -0.1) is 0 Å². The third-order valence-corrected chi connectivity index (χ3v) is 6.27. The molecule has 1 unspecified atom stereocenters. The van der Waals surface area contributed by atoms with Crippen molar-refractivity contribution in [1.82, 2.24) is 9.80 Å². The largest absolute Gasteiger partial charge is 0.492 e. The van der Waals surface area contributed by atoms with Crippen molar-refractivity contribution in [2.24, 2.45) is 0 Å². The fourth-order valence-corrected chi connectivity index (χ4v) is 4.27. The van der Waals surface area contributed by atoms with E-state index in [4.69, 9.17) is 14.2 Å². The summed E-state index contributed by atoms with van der Waals surface area (Å²) in [6, 6.07) is 11.9. The predicted octanol–water partition coefficient (Wildman–Crippen LogP) is 4.24. The molecule has 0 aliphatic carbocycles. The van der Waals surface area contributed by atoms with E-state index in [0.717, 1.165) is 69.1 Å². The lowest BCUT2D eigenvalue weighted by Gasteiger charge is -2.26. The molecule has 0 N–H and O–H groups in total. The molecule has 2 aliphatic rings. The third kappa shape index (κ3) is 7.43. The van der Waals surface area contributed by atoms with E-state index in [-0.39, 0.29) is 17.6 Å². The highest BCUT2D eigenvalue weighted by atomic mass is 19.4. The van der Waals surface area contributed by atoms with E-state index < -0.39 is 11.7 Å². The number of alkyl halides is 3. The van der Waals surface area contributed by atoms with Crippen molar-refractivity contribution >= 4 is 5.91 Å². The zero-order valence-electron chi connectivity index (χ0n) is 19.6. The second-order valence-corrected chi connectivity index (χ2v) is 8.84. The number of morpholine rings is 1. The predicted molar refractivity (Wildman–Crippen MR) is 124 cm³/mol. The Morgan fingerprint density at radius 2 is 1.74 bits per heavy atom. The van der Waals surface area contributed by atoms with Crippen molar-refractivity contribution in [1.29, 1.82) is 0 Å². The molecule has 0 bridgehead atoms. The Hall–Kier alpha value is -2.62. The van der Waals surface area contributed by atoms with Crippen LogP contribution in [0.15, 0.2) is 48.5 Å². The molecule has 0 saturated carbocycles. The van der Waals surface area contributed by atoms with Crippen LogP contribution >= 0.6 is 0 Å². The number of halogens is 3. The lowest BCUT2D eigenvalue weighted by Crippen LogP contribution is -2.38. The van der Waals surface area contributed by atoms with Gasteiger partial charge in [-0.2, -0.15) is 13.2 Å². The molecule has 1 amide bonds. The van der Waals surface area contributed by atoms with Crippen LogP contribution in [0.2, 0.25) is 0 Å². The van der Waals surface area contributed by atoms with Gasteiger partial charge in [0.25, 0.3) is 5.91 Å². The Morgan fingerprint density at radius 3 is 2.37 bits per heavy atom. The number of amides is 1. The van der Waals surface area contributed by atoms with Crippen molar-refractivity contribution in [2.45, 2.75) is 31.7 Å². The van der Waals surface area contributed by atoms with Crippen LogP contribution in [-0.2, 0) is 22.2 Å². The summed E-state index contributed by atoms with van der Waals surface area (Å²) in [7, 11) is 0. The molecule has 2 aliphatic heterocycles. The molecule has 2 heterocycles. The van der Waals surface area contributed by atoms with E-state index in [1.54, 1.807) is 4.90 Å². The van der Waals surface area contributed by atoms with E-state index in [1.165, 1.54) is 12.1 Å². The summed E-state index contributed by atoms with van der Waals surface area (Å²) >= 11 is 0. The maximum absolute atomic E-state index is 13.2. The van der Waals surface area contributed by atoms with Gasteiger partial charge in [-0.3, -0.25) is 9.69 Å². The van der Waals surface area contributed by atoms with Gasteiger partial charge in [0.15, 0.2) is 0 Å². The first-order valence-electron chi connectivity index (χ1n) is 12.0. The first-order chi connectivity index (χ1) is 16.9. The van der Waals surface area contributed by atoms with Crippen molar-refractivity contribution in [3.05, 3.63) is 65.2 Å². The molecule has 4 rings (SSSR count). The highest BCUT2D eigenvalue weighted by molar-refractivity contribution is 5.94. The molecular formula is C26H31F3N2O4. The van der Waals surface area contributed by atoms with Crippen LogP contribution < -0.4 is 4.74 Å². The van der Waals surface area contributed by atoms with E-state index in [0.29, 0.717) is 26.3 Å². The molecule has 190 valence electrons. The lowest BCUT2D eigenvalue weighted by atomic mass is 10.1. The standard InChI is InChI=1S/C26H31F3N2O4/c27-26(28,29)22-7-5-21(6-8-22)25(32)31(19-24-2-1-14-34-24)18-20-3-9-23(10-4-20)35-17-13-30-11-15-33-16-12-30/h3-10,24H,1-2,11-19H2. The molecule has 1 atom stereocenters. The van der Waals surface area contributed by atoms with Crippen LogP contribution in [0.1, 0.15) is 34.3 Å². The minimum atomic E-state index is -4.44. The first-order valence-corrected chi connectivity index (χ1v) is 12.0. The van der Waals surface area contributed by atoms with E-state index in [9.17, 15) is 18.0 Å².